The zero-order valence-corrected chi connectivity index (χ0v) is 11.2. The van der Waals surface area contributed by atoms with Gasteiger partial charge in [-0.1, -0.05) is 22.0 Å². The number of halogens is 1. The number of nitrogens with zero attached hydrogens (tertiary/aromatic N) is 1. The lowest BCUT2D eigenvalue weighted by Crippen LogP contribution is -2.34. The molecule has 0 bridgehead atoms. The highest BCUT2D eigenvalue weighted by Crippen LogP contribution is 2.36. The number of nitrogens with two attached hydrogens (primary N) is 1. The topological polar surface area (TPSA) is 46.3 Å². The summed E-state index contributed by atoms with van der Waals surface area (Å²) in [6.45, 7) is 0.633. The lowest BCUT2D eigenvalue weighted by atomic mass is 10.1. The molecule has 3 nitrogen and oxygen atoms in total. The van der Waals surface area contributed by atoms with E-state index in [-0.39, 0.29) is 5.91 Å². The van der Waals surface area contributed by atoms with E-state index in [0.717, 1.165) is 12.1 Å². The third-order valence-corrected chi connectivity index (χ3v) is 4.07. The Hall–Kier alpha value is -0.520. The van der Waals surface area contributed by atoms with E-state index in [0.29, 0.717) is 17.8 Å². The molecule has 1 amide bonds. The molecule has 1 aromatic carbocycles. The maximum Gasteiger partial charge on any atom is 0.238 e. The van der Waals surface area contributed by atoms with Crippen LogP contribution in [0.25, 0.3) is 0 Å². The van der Waals surface area contributed by atoms with Crippen LogP contribution < -0.4 is 10.6 Å². The lowest BCUT2D eigenvalue weighted by molar-refractivity contribution is -0.116. The van der Waals surface area contributed by atoms with Crippen molar-refractivity contribution in [1.29, 1.82) is 0 Å². The number of amides is 1. The van der Waals surface area contributed by atoms with Gasteiger partial charge in [0.25, 0.3) is 0 Å². The van der Waals surface area contributed by atoms with Crippen molar-refractivity contribution >= 4 is 39.3 Å². The van der Waals surface area contributed by atoms with Gasteiger partial charge in [0, 0.05) is 4.90 Å². The number of carbonyl (C=O) groups is 1. The summed E-state index contributed by atoms with van der Waals surface area (Å²) in [5.41, 5.74) is 8.27. The zero-order chi connectivity index (χ0) is 11.5. The van der Waals surface area contributed by atoms with E-state index >= 15 is 0 Å². The molecule has 0 radical (unpaired) electrons. The summed E-state index contributed by atoms with van der Waals surface area (Å²) in [5, 5.41) is 0. The summed E-state index contributed by atoms with van der Waals surface area (Å²) >= 11 is 4.96. The first-order chi connectivity index (χ1) is 7.76. The molecule has 1 heterocycles. The van der Waals surface area contributed by atoms with Gasteiger partial charge in [0.2, 0.25) is 5.91 Å². The Kier molecular flexibility index (Phi) is 3.89. The minimum Gasteiger partial charge on any atom is -0.330 e. The second-order valence-corrected chi connectivity index (χ2v) is 5.09. The van der Waals surface area contributed by atoms with Crippen molar-refractivity contribution in [3.05, 3.63) is 23.8 Å². The van der Waals surface area contributed by atoms with Gasteiger partial charge in [-0.05, 0) is 30.7 Å². The number of hydrogen-bond acceptors (Lipinski definition) is 3. The number of fused-ring (bicyclic) bond motifs is 1. The van der Waals surface area contributed by atoms with E-state index in [1.54, 1.807) is 16.7 Å². The van der Waals surface area contributed by atoms with E-state index in [2.05, 4.69) is 34.1 Å². The molecular weight excluding hydrogens is 288 g/mol. The summed E-state index contributed by atoms with van der Waals surface area (Å²) in [6, 6.07) is 6.22. The third kappa shape index (κ3) is 2.26. The Balaban J connectivity index is 2.37. The quantitative estimate of drug-likeness (QED) is 0.686. The van der Waals surface area contributed by atoms with Gasteiger partial charge >= 0.3 is 0 Å². The highest BCUT2D eigenvalue weighted by atomic mass is 79.9. The van der Waals surface area contributed by atoms with Crippen molar-refractivity contribution < 1.29 is 4.79 Å². The molecule has 0 saturated carbocycles. The fourth-order valence-corrected chi connectivity index (χ4v) is 3.17. The number of anilines is 1. The van der Waals surface area contributed by atoms with Crippen LogP contribution in [0.15, 0.2) is 23.1 Å². The van der Waals surface area contributed by atoms with E-state index in [1.807, 2.05) is 0 Å². The molecule has 2 N–H and O–H groups in total. The van der Waals surface area contributed by atoms with Gasteiger partial charge < -0.3 is 10.6 Å². The SMILES string of the molecule is NCCc1ccc2c(c1)N(CBr)C(=O)CS2. The van der Waals surface area contributed by atoms with Gasteiger partial charge in [0.1, 0.15) is 0 Å². The number of hydrogen-bond donors (Lipinski definition) is 1. The largest absolute Gasteiger partial charge is 0.330 e. The highest BCUT2D eigenvalue weighted by molar-refractivity contribution is 9.09. The van der Waals surface area contributed by atoms with Crippen LogP contribution in [0.1, 0.15) is 5.56 Å². The van der Waals surface area contributed by atoms with Crippen LogP contribution in [-0.2, 0) is 11.2 Å². The number of thioether (sulfide) groups is 1. The summed E-state index contributed by atoms with van der Waals surface area (Å²) in [7, 11) is 0. The molecule has 0 unspecified atom stereocenters. The van der Waals surface area contributed by atoms with Crippen LogP contribution in [0.3, 0.4) is 0 Å². The van der Waals surface area contributed by atoms with Crippen LogP contribution >= 0.6 is 27.7 Å². The average Bonchev–Trinajstić information content (AvgIpc) is 2.29. The predicted molar refractivity (Wildman–Crippen MR) is 71.2 cm³/mol. The lowest BCUT2D eigenvalue weighted by Gasteiger charge is -2.27. The molecule has 0 saturated heterocycles. The first-order valence-corrected chi connectivity index (χ1v) is 7.19. The van der Waals surface area contributed by atoms with E-state index < -0.39 is 0 Å². The molecule has 0 fully saturated rings. The monoisotopic (exact) mass is 300 g/mol. The number of carbonyl (C=O) groups excluding carboxylic acids is 1. The Morgan fingerprint density at radius 3 is 3.00 bits per heavy atom. The van der Waals surface area contributed by atoms with E-state index in [9.17, 15) is 4.79 Å². The van der Waals surface area contributed by atoms with Gasteiger partial charge in [-0.2, -0.15) is 0 Å². The van der Waals surface area contributed by atoms with Gasteiger partial charge in [-0.3, -0.25) is 4.79 Å². The van der Waals surface area contributed by atoms with Crippen molar-refractivity contribution in [2.75, 3.05) is 22.7 Å². The molecule has 0 aromatic heterocycles. The highest BCUT2D eigenvalue weighted by Gasteiger charge is 2.23. The molecule has 0 aliphatic carbocycles. The Labute approximate surface area is 108 Å². The van der Waals surface area contributed by atoms with Crippen molar-refractivity contribution in [3.8, 4) is 0 Å². The van der Waals surface area contributed by atoms with Gasteiger partial charge in [-0.25, -0.2) is 0 Å². The molecule has 0 spiro atoms. The number of benzene rings is 1. The van der Waals surface area contributed by atoms with Gasteiger partial charge in [-0.15, -0.1) is 11.8 Å². The minimum absolute atomic E-state index is 0.152. The van der Waals surface area contributed by atoms with Crippen LogP contribution in [0.5, 0.6) is 0 Å². The van der Waals surface area contributed by atoms with Crippen LogP contribution in [-0.4, -0.2) is 23.7 Å². The normalized spacial score (nSPS) is 15.1. The van der Waals surface area contributed by atoms with Crippen LogP contribution in [0.2, 0.25) is 0 Å². The molecule has 86 valence electrons. The maximum absolute atomic E-state index is 11.7. The van der Waals surface area contributed by atoms with Crippen LogP contribution in [0, 0.1) is 0 Å². The third-order valence-electron chi connectivity index (χ3n) is 2.52. The molecule has 16 heavy (non-hydrogen) atoms. The molecule has 1 aliphatic heterocycles. The van der Waals surface area contributed by atoms with Crippen molar-refractivity contribution in [2.24, 2.45) is 5.73 Å². The Bertz CT molecular complexity index is 411. The standard InChI is InChI=1S/C11H13BrN2OS/c12-7-14-9-5-8(3-4-13)1-2-10(9)16-6-11(14)15/h1-2,5H,3-4,6-7,13H2. The summed E-state index contributed by atoms with van der Waals surface area (Å²) in [5.74, 6) is 0.675. The maximum atomic E-state index is 11.7. The summed E-state index contributed by atoms with van der Waals surface area (Å²) in [4.78, 5) is 14.6. The minimum atomic E-state index is 0.152. The first-order valence-electron chi connectivity index (χ1n) is 5.08. The molecule has 0 atom stereocenters. The fraction of sp³-hybridized carbons (Fsp3) is 0.364. The summed E-state index contributed by atoms with van der Waals surface area (Å²) in [6.07, 6.45) is 0.849. The smallest absolute Gasteiger partial charge is 0.238 e. The van der Waals surface area contributed by atoms with Crippen molar-refractivity contribution in [1.82, 2.24) is 0 Å². The Morgan fingerprint density at radius 2 is 2.31 bits per heavy atom. The molecule has 5 heteroatoms. The number of alkyl halides is 1. The molecule has 1 aliphatic rings. The van der Waals surface area contributed by atoms with Crippen molar-refractivity contribution in [3.63, 3.8) is 0 Å². The van der Waals surface area contributed by atoms with Crippen LogP contribution in [0.4, 0.5) is 5.69 Å². The predicted octanol–water partition coefficient (Wildman–Crippen LogP) is 1.98. The number of rotatable bonds is 3. The van der Waals surface area contributed by atoms with E-state index in [1.165, 1.54) is 10.5 Å². The second-order valence-electron chi connectivity index (χ2n) is 3.57. The average molecular weight is 301 g/mol. The Morgan fingerprint density at radius 1 is 1.50 bits per heavy atom. The zero-order valence-electron chi connectivity index (χ0n) is 8.78. The molecule has 1 aromatic rings. The fourth-order valence-electron chi connectivity index (χ4n) is 1.70. The summed E-state index contributed by atoms with van der Waals surface area (Å²) < 4.78 is 0. The second kappa shape index (κ2) is 5.21. The molecule has 2 rings (SSSR count). The van der Waals surface area contributed by atoms with Crippen molar-refractivity contribution in [2.45, 2.75) is 11.3 Å². The van der Waals surface area contributed by atoms with Gasteiger partial charge in [0.15, 0.2) is 0 Å². The van der Waals surface area contributed by atoms with E-state index in [4.69, 9.17) is 5.73 Å². The van der Waals surface area contributed by atoms with Gasteiger partial charge in [0.05, 0.1) is 16.9 Å². The molecular formula is C11H13BrN2OS. The first kappa shape index (κ1) is 12.0.